The molecule has 0 heterocycles. The molecule has 0 aliphatic carbocycles. The number of unbranched alkanes of at least 4 members (excludes halogenated alkanes) is 1. The van der Waals surface area contributed by atoms with Crippen molar-refractivity contribution in [3.63, 3.8) is 0 Å². The first-order chi connectivity index (χ1) is 9.24. The highest BCUT2D eigenvalue weighted by Crippen LogP contribution is 2.14. The van der Waals surface area contributed by atoms with E-state index in [-0.39, 0.29) is 5.60 Å². The summed E-state index contributed by atoms with van der Waals surface area (Å²) in [6, 6.07) is 0. The Balaban J connectivity index is 3.77. The fraction of sp³-hybridized carbons (Fsp3) is 0.765. The molecule has 0 unspecified atom stereocenters. The van der Waals surface area contributed by atoms with E-state index in [0.29, 0.717) is 5.76 Å². The zero-order valence-corrected chi connectivity index (χ0v) is 14.3. The molecule has 20 heavy (non-hydrogen) atoms. The van der Waals surface area contributed by atoms with Crippen LogP contribution < -0.4 is 0 Å². The number of ether oxygens (including phenoxy) is 2. The summed E-state index contributed by atoms with van der Waals surface area (Å²) >= 11 is 0. The number of hydrogen-bond acceptors (Lipinski definition) is 3. The second kappa shape index (κ2) is 9.87. The number of hydrogen-bond donors (Lipinski definition) is 0. The van der Waals surface area contributed by atoms with Gasteiger partial charge < -0.3 is 14.4 Å². The summed E-state index contributed by atoms with van der Waals surface area (Å²) in [4.78, 5) is 2.36. The Bertz CT molecular complexity index is 303. The van der Waals surface area contributed by atoms with Crippen LogP contribution in [0.25, 0.3) is 0 Å². The lowest BCUT2D eigenvalue weighted by Crippen LogP contribution is -2.20. The number of nitrogens with zero attached hydrogens (tertiary/aromatic N) is 1. The molecule has 0 fully saturated rings. The van der Waals surface area contributed by atoms with Crippen molar-refractivity contribution < 1.29 is 9.47 Å². The average molecular weight is 283 g/mol. The second-order valence-corrected chi connectivity index (χ2v) is 6.29. The fourth-order valence-corrected chi connectivity index (χ4v) is 1.90. The van der Waals surface area contributed by atoms with Crippen LogP contribution in [0.4, 0.5) is 0 Å². The van der Waals surface area contributed by atoms with Crippen LogP contribution in [0.5, 0.6) is 0 Å². The van der Waals surface area contributed by atoms with Crippen molar-refractivity contribution >= 4 is 0 Å². The minimum absolute atomic E-state index is 0.211. The normalized spacial score (nSPS) is 12.7. The van der Waals surface area contributed by atoms with E-state index in [1.165, 1.54) is 19.4 Å². The van der Waals surface area contributed by atoms with Gasteiger partial charge in [-0.05, 0) is 67.1 Å². The van der Waals surface area contributed by atoms with Crippen LogP contribution in [0.3, 0.4) is 0 Å². The van der Waals surface area contributed by atoms with Gasteiger partial charge in [-0.2, -0.15) is 0 Å². The molecule has 0 aromatic carbocycles. The number of rotatable bonds is 10. The summed E-state index contributed by atoms with van der Waals surface area (Å²) < 4.78 is 11.3. The molecule has 0 aromatic rings. The zero-order valence-electron chi connectivity index (χ0n) is 14.3. The van der Waals surface area contributed by atoms with Gasteiger partial charge in [0.1, 0.15) is 11.4 Å². The van der Waals surface area contributed by atoms with Crippen LogP contribution in [0.2, 0.25) is 0 Å². The maximum absolute atomic E-state index is 5.67. The molecule has 0 N–H and O–H groups in total. The molecule has 0 aliphatic heterocycles. The first-order valence-corrected chi connectivity index (χ1v) is 7.62. The lowest BCUT2D eigenvalue weighted by Gasteiger charge is -2.21. The SMILES string of the molecule is C=C(/C=C(\C)OCCCCN(C)CCC)OC(C)(C)C. The minimum Gasteiger partial charge on any atom is -0.498 e. The summed E-state index contributed by atoms with van der Waals surface area (Å²) in [6.07, 6.45) is 5.31. The third-order valence-electron chi connectivity index (χ3n) is 2.67. The van der Waals surface area contributed by atoms with E-state index in [0.717, 1.165) is 25.3 Å². The Morgan fingerprint density at radius 3 is 2.40 bits per heavy atom. The van der Waals surface area contributed by atoms with Gasteiger partial charge in [0.25, 0.3) is 0 Å². The highest BCUT2D eigenvalue weighted by molar-refractivity contribution is 5.11. The summed E-state index contributed by atoms with van der Waals surface area (Å²) in [5, 5.41) is 0. The smallest absolute Gasteiger partial charge is 0.116 e. The van der Waals surface area contributed by atoms with Crippen molar-refractivity contribution in [1.29, 1.82) is 0 Å². The van der Waals surface area contributed by atoms with Crippen LogP contribution in [-0.2, 0) is 9.47 Å². The van der Waals surface area contributed by atoms with E-state index >= 15 is 0 Å². The van der Waals surface area contributed by atoms with Crippen LogP contribution in [0.15, 0.2) is 24.2 Å². The maximum atomic E-state index is 5.67. The Morgan fingerprint density at radius 2 is 1.85 bits per heavy atom. The summed E-state index contributed by atoms with van der Waals surface area (Å²) in [6.45, 7) is 17.1. The molecule has 0 spiro atoms. The van der Waals surface area contributed by atoms with Gasteiger partial charge in [-0.1, -0.05) is 13.5 Å². The van der Waals surface area contributed by atoms with Crippen molar-refractivity contribution in [2.45, 2.75) is 59.5 Å². The summed E-state index contributed by atoms with van der Waals surface area (Å²) in [5.74, 6) is 1.51. The van der Waals surface area contributed by atoms with E-state index in [1.807, 2.05) is 33.8 Å². The Morgan fingerprint density at radius 1 is 1.20 bits per heavy atom. The van der Waals surface area contributed by atoms with Crippen molar-refractivity contribution in [3.8, 4) is 0 Å². The van der Waals surface area contributed by atoms with Gasteiger partial charge in [-0.3, -0.25) is 0 Å². The number of allylic oxidation sites excluding steroid dienone is 2. The van der Waals surface area contributed by atoms with Crippen molar-refractivity contribution in [2.75, 3.05) is 26.7 Å². The van der Waals surface area contributed by atoms with E-state index in [1.54, 1.807) is 0 Å². The molecule has 0 amide bonds. The van der Waals surface area contributed by atoms with E-state index in [2.05, 4.69) is 25.5 Å². The monoisotopic (exact) mass is 283 g/mol. The van der Waals surface area contributed by atoms with E-state index < -0.39 is 0 Å². The predicted molar refractivity (Wildman–Crippen MR) is 86.7 cm³/mol. The quantitative estimate of drug-likeness (QED) is 0.338. The highest BCUT2D eigenvalue weighted by atomic mass is 16.5. The first kappa shape index (κ1) is 19.0. The summed E-state index contributed by atoms with van der Waals surface area (Å²) in [7, 11) is 2.17. The van der Waals surface area contributed by atoms with Gasteiger partial charge in [-0.15, -0.1) is 0 Å². The molecule has 0 saturated carbocycles. The molecule has 3 heteroatoms. The van der Waals surface area contributed by atoms with Crippen LogP contribution in [0, 0.1) is 0 Å². The molecular formula is C17H33NO2. The summed E-state index contributed by atoms with van der Waals surface area (Å²) in [5.41, 5.74) is -0.211. The largest absolute Gasteiger partial charge is 0.498 e. The third-order valence-corrected chi connectivity index (χ3v) is 2.67. The zero-order chi connectivity index (χ0) is 15.6. The molecule has 3 nitrogen and oxygen atoms in total. The molecular weight excluding hydrogens is 250 g/mol. The first-order valence-electron chi connectivity index (χ1n) is 7.62. The van der Waals surface area contributed by atoms with E-state index in [4.69, 9.17) is 9.47 Å². The molecule has 0 bridgehead atoms. The Kier molecular flexibility index (Phi) is 9.39. The van der Waals surface area contributed by atoms with Gasteiger partial charge in [0.05, 0.1) is 12.4 Å². The molecule has 0 rings (SSSR count). The molecule has 118 valence electrons. The van der Waals surface area contributed by atoms with Gasteiger partial charge in [0.15, 0.2) is 0 Å². The lowest BCUT2D eigenvalue weighted by atomic mass is 10.2. The second-order valence-electron chi connectivity index (χ2n) is 6.29. The van der Waals surface area contributed by atoms with Crippen LogP contribution >= 0.6 is 0 Å². The van der Waals surface area contributed by atoms with Gasteiger partial charge in [0.2, 0.25) is 0 Å². The molecule has 0 atom stereocenters. The van der Waals surface area contributed by atoms with Crippen molar-refractivity contribution in [2.24, 2.45) is 0 Å². The highest BCUT2D eigenvalue weighted by Gasteiger charge is 2.11. The van der Waals surface area contributed by atoms with Gasteiger partial charge in [-0.25, -0.2) is 0 Å². The lowest BCUT2D eigenvalue weighted by molar-refractivity contribution is 0.0596. The topological polar surface area (TPSA) is 21.7 Å². The maximum Gasteiger partial charge on any atom is 0.116 e. The van der Waals surface area contributed by atoms with Gasteiger partial charge >= 0.3 is 0 Å². The van der Waals surface area contributed by atoms with Crippen LogP contribution in [-0.4, -0.2) is 37.2 Å². The minimum atomic E-state index is -0.211. The standard InChI is InChI=1S/C17H33NO2/c1-8-11-18(7)12-9-10-13-19-15(2)14-16(3)20-17(4,5)6/h14H,3,8-13H2,1-2,4-7H3/b15-14+. The van der Waals surface area contributed by atoms with Crippen LogP contribution in [0.1, 0.15) is 53.9 Å². The van der Waals surface area contributed by atoms with Crippen molar-refractivity contribution in [1.82, 2.24) is 4.90 Å². The third kappa shape index (κ3) is 12.1. The Hall–Kier alpha value is -0.960. The van der Waals surface area contributed by atoms with Gasteiger partial charge in [0, 0.05) is 6.08 Å². The molecule has 0 aromatic heterocycles. The predicted octanol–water partition coefficient (Wildman–Crippen LogP) is 4.36. The Labute approximate surface area is 125 Å². The molecule has 0 radical (unpaired) electrons. The molecule has 0 saturated heterocycles. The fourth-order valence-electron chi connectivity index (χ4n) is 1.90. The average Bonchev–Trinajstić information content (AvgIpc) is 2.25. The molecule has 0 aliphatic rings. The van der Waals surface area contributed by atoms with Crippen molar-refractivity contribution in [3.05, 3.63) is 24.2 Å². The van der Waals surface area contributed by atoms with E-state index in [9.17, 15) is 0 Å².